The van der Waals surface area contributed by atoms with Gasteiger partial charge in [-0.05, 0) is 37.3 Å². The minimum Gasteiger partial charge on any atom is -0.346 e. The Labute approximate surface area is 169 Å². The van der Waals surface area contributed by atoms with E-state index >= 15 is 0 Å². The predicted molar refractivity (Wildman–Crippen MR) is 106 cm³/mol. The number of carbonyl (C=O) groups is 1. The molecular formula is C19H16BrN7O. The first-order valence-corrected chi connectivity index (χ1v) is 9.33. The van der Waals surface area contributed by atoms with Crippen molar-refractivity contribution in [3.8, 4) is 11.5 Å². The van der Waals surface area contributed by atoms with Gasteiger partial charge in [-0.25, -0.2) is 14.3 Å². The molecule has 0 radical (unpaired) electrons. The number of hydrogen-bond acceptors (Lipinski definition) is 5. The highest BCUT2D eigenvalue weighted by molar-refractivity contribution is 9.10. The Balaban J connectivity index is 1.53. The lowest BCUT2D eigenvalue weighted by molar-refractivity contribution is 0.0945. The monoisotopic (exact) mass is 437 g/mol. The smallest absolute Gasteiger partial charge is 0.274 e. The zero-order chi connectivity index (χ0) is 19.5. The molecule has 4 rings (SSSR count). The largest absolute Gasteiger partial charge is 0.346 e. The lowest BCUT2D eigenvalue weighted by Gasteiger charge is -2.09. The topological polar surface area (TPSA) is 90.5 Å². The third kappa shape index (κ3) is 3.56. The summed E-state index contributed by atoms with van der Waals surface area (Å²) in [5, 5.41) is 15.3. The molecule has 3 heterocycles. The van der Waals surface area contributed by atoms with E-state index in [1.807, 2.05) is 49.4 Å². The van der Waals surface area contributed by atoms with Gasteiger partial charge in [0.2, 0.25) is 0 Å². The van der Waals surface area contributed by atoms with Crippen LogP contribution in [0.4, 0.5) is 0 Å². The molecule has 0 aliphatic rings. The maximum atomic E-state index is 12.7. The second-order valence-corrected chi connectivity index (χ2v) is 6.95. The fourth-order valence-electron chi connectivity index (χ4n) is 2.82. The second-order valence-electron chi connectivity index (χ2n) is 6.03. The molecule has 0 saturated heterocycles. The summed E-state index contributed by atoms with van der Waals surface area (Å²) >= 11 is 3.44. The van der Waals surface area contributed by atoms with Gasteiger partial charge in [0.15, 0.2) is 11.5 Å². The van der Waals surface area contributed by atoms with Crippen LogP contribution in [-0.4, -0.2) is 35.7 Å². The standard InChI is InChI=1S/C19H16BrN7O/c1-13-17(24-25-27(13)16-7-2-6-15(20)11-16)19(28)22-12-14-5-3-8-21-18(14)26-10-4-9-23-26/h2-11H,12H2,1H3,(H,22,28). The first kappa shape index (κ1) is 18.1. The summed E-state index contributed by atoms with van der Waals surface area (Å²) < 4.78 is 4.23. The maximum Gasteiger partial charge on any atom is 0.274 e. The van der Waals surface area contributed by atoms with Crippen molar-refractivity contribution in [1.82, 2.24) is 35.1 Å². The normalized spacial score (nSPS) is 10.8. The minimum atomic E-state index is -0.297. The van der Waals surface area contributed by atoms with Crippen molar-refractivity contribution in [3.63, 3.8) is 0 Å². The van der Waals surface area contributed by atoms with Crippen LogP contribution in [0.3, 0.4) is 0 Å². The van der Waals surface area contributed by atoms with Gasteiger partial charge in [0.25, 0.3) is 5.91 Å². The van der Waals surface area contributed by atoms with E-state index in [-0.39, 0.29) is 11.6 Å². The number of pyridine rings is 1. The van der Waals surface area contributed by atoms with Crippen LogP contribution in [0.1, 0.15) is 21.7 Å². The van der Waals surface area contributed by atoms with Crippen LogP contribution in [0.25, 0.3) is 11.5 Å². The molecule has 8 nitrogen and oxygen atoms in total. The summed E-state index contributed by atoms with van der Waals surface area (Å²) in [5.74, 6) is 0.372. The third-order valence-corrected chi connectivity index (χ3v) is 4.68. The summed E-state index contributed by atoms with van der Waals surface area (Å²) in [6, 6.07) is 13.2. The van der Waals surface area contributed by atoms with Crippen LogP contribution in [0.5, 0.6) is 0 Å². The molecule has 3 aromatic heterocycles. The molecule has 0 aliphatic heterocycles. The quantitative estimate of drug-likeness (QED) is 0.518. The number of amides is 1. The zero-order valence-corrected chi connectivity index (χ0v) is 16.5. The molecule has 0 aliphatic carbocycles. The van der Waals surface area contributed by atoms with Gasteiger partial charge in [0, 0.05) is 35.2 Å². The van der Waals surface area contributed by atoms with Crippen LogP contribution in [0.2, 0.25) is 0 Å². The highest BCUT2D eigenvalue weighted by Crippen LogP contribution is 2.17. The summed E-state index contributed by atoms with van der Waals surface area (Å²) in [6.45, 7) is 2.11. The first-order valence-electron chi connectivity index (χ1n) is 8.54. The maximum absolute atomic E-state index is 12.7. The van der Waals surface area contributed by atoms with E-state index in [0.29, 0.717) is 18.1 Å². The zero-order valence-electron chi connectivity index (χ0n) is 15.0. The average molecular weight is 438 g/mol. The SMILES string of the molecule is Cc1c(C(=O)NCc2cccnc2-n2cccn2)nnn1-c1cccc(Br)c1. The first-order chi connectivity index (χ1) is 13.6. The summed E-state index contributed by atoms with van der Waals surface area (Å²) in [4.78, 5) is 17.0. The van der Waals surface area contributed by atoms with Gasteiger partial charge in [-0.1, -0.05) is 33.3 Å². The fraction of sp³-hybridized carbons (Fsp3) is 0.105. The van der Waals surface area contributed by atoms with Gasteiger partial charge in [0.1, 0.15) is 0 Å². The van der Waals surface area contributed by atoms with Gasteiger partial charge in [-0.3, -0.25) is 4.79 Å². The van der Waals surface area contributed by atoms with Crippen LogP contribution < -0.4 is 5.32 Å². The number of benzene rings is 1. The highest BCUT2D eigenvalue weighted by Gasteiger charge is 2.18. The van der Waals surface area contributed by atoms with Gasteiger partial charge in [-0.15, -0.1) is 5.10 Å². The number of halogens is 1. The van der Waals surface area contributed by atoms with Crippen molar-refractivity contribution >= 4 is 21.8 Å². The van der Waals surface area contributed by atoms with Gasteiger partial charge in [0.05, 0.1) is 11.4 Å². The van der Waals surface area contributed by atoms with Crippen molar-refractivity contribution in [2.75, 3.05) is 0 Å². The molecule has 4 aromatic rings. The van der Waals surface area contributed by atoms with Crippen molar-refractivity contribution in [2.24, 2.45) is 0 Å². The molecule has 0 spiro atoms. The predicted octanol–water partition coefficient (Wildman–Crippen LogP) is 2.85. The Hall–Kier alpha value is -3.33. The molecule has 0 atom stereocenters. The molecule has 0 fully saturated rings. The molecule has 9 heteroatoms. The van der Waals surface area contributed by atoms with Gasteiger partial charge < -0.3 is 5.32 Å². The van der Waals surface area contributed by atoms with E-state index in [0.717, 1.165) is 15.7 Å². The van der Waals surface area contributed by atoms with Crippen molar-refractivity contribution in [3.05, 3.63) is 82.5 Å². The van der Waals surface area contributed by atoms with Crippen molar-refractivity contribution in [2.45, 2.75) is 13.5 Å². The van der Waals surface area contributed by atoms with E-state index < -0.39 is 0 Å². The van der Waals surface area contributed by atoms with Gasteiger partial charge >= 0.3 is 0 Å². The number of hydrogen-bond donors (Lipinski definition) is 1. The number of carbonyl (C=O) groups excluding carboxylic acids is 1. The number of nitrogens with zero attached hydrogens (tertiary/aromatic N) is 6. The summed E-state index contributed by atoms with van der Waals surface area (Å²) in [7, 11) is 0. The van der Waals surface area contributed by atoms with Crippen molar-refractivity contribution < 1.29 is 4.79 Å². The Morgan fingerprint density at radius 3 is 2.86 bits per heavy atom. The van der Waals surface area contributed by atoms with E-state index in [9.17, 15) is 4.79 Å². The minimum absolute atomic E-state index is 0.282. The molecule has 140 valence electrons. The number of aromatic nitrogens is 6. The van der Waals surface area contributed by atoms with E-state index in [1.165, 1.54) is 0 Å². The molecule has 1 N–H and O–H groups in total. The fourth-order valence-corrected chi connectivity index (χ4v) is 3.21. The van der Waals surface area contributed by atoms with Crippen molar-refractivity contribution in [1.29, 1.82) is 0 Å². The lowest BCUT2D eigenvalue weighted by Crippen LogP contribution is -2.25. The van der Waals surface area contributed by atoms with E-state index in [4.69, 9.17) is 0 Å². The van der Waals surface area contributed by atoms with Gasteiger partial charge in [-0.2, -0.15) is 5.10 Å². The van der Waals surface area contributed by atoms with Crippen LogP contribution in [0.15, 0.2) is 65.5 Å². The number of rotatable bonds is 5. The molecule has 1 amide bonds. The molecule has 28 heavy (non-hydrogen) atoms. The Kier molecular flexibility index (Phi) is 4.98. The van der Waals surface area contributed by atoms with Crippen LogP contribution in [-0.2, 0) is 6.54 Å². The third-order valence-electron chi connectivity index (χ3n) is 4.19. The van der Waals surface area contributed by atoms with E-state index in [2.05, 4.69) is 41.6 Å². The molecule has 0 saturated carbocycles. The molecule has 1 aromatic carbocycles. The Bertz CT molecular complexity index is 1120. The number of nitrogens with one attached hydrogen (secondary N) is 1. The molecular weight excluding hydrogens is 422 g/mol. The Morgan fingerprint density at radius 2 is 2.07 bits per heavy atom. The molecule has 0 unspecified atom stereocenters. The summed E-state index contributed by atoms with van der Waals surface area (Å²) in [5.41, 5.74) is 2.61. The second kappa shape index (κ2) is 7.73. The average Bonchev–Trinajstić information content (AvgIpc) is 3.36. The molecule has 0 bridgehead atoms. The van der Waals surface area contributed by atoms with E-state index in [1.54, 1.807) is 28.0 Å². The van der Waals surface area contributed by atoms with Crippen LogP contribution in [0, 0.1) is 6.92 Å². The summed E-state index contributed by atoms with van der Waals surface area (Å²) in [6.07, 6.45) is 5.18. The van der Waals surface area contributed by atoms with Crippen LogP contribution >= 0.6 is 15.9 Å². The highest BCUT2D eigenvalue weighted by atomic mass is 79.9. The lowest BCUT2D eigenvalue weighted by atomic mass is 10.2. The Morgan fingerprint density at radius 1 is 1.18 bits per heavy atom.